The number of nitrogens with zero attached hydrogens (tertiary/aromatic N) is 1. The summed E-state index contributed by atoms with van der Waals surface area (Å²) in [5.74, 6) is 0.172. The summed E-state index contributed by atoms with van der Waals surface area (Å²) < 4.78 is 38.1. The first-order chi connectivity index (χ1) is 14.9. The number of carbonyl (C=O) groups excluding carboxylic acids is 1. The standard InChI is InChI=1S/C22H29N3O5S/c1-17(24-31(27,28)20-10-8-19(29-2)9-11-20)22(26)23-16-21(18-6-4-3-5-7-18)25-12-14-30-15-13-25/h3-11,17,21,24H,12-16H2,1-2H3,(H,23,26)/t17-,21?/m0/s1. The van der Waals surface area contributed by atoms with Gasteiger partial charge in [-0.3, -0.25) is 9.69 Å². The predicted molar refractivity (Wildman–Crippen MR) is 117 cm³/mol. The lowest BCUT2D eigenvalue weighted by molar-refractivity contribution is -0.122. The Labute approximate surface area is 183 Å². The van der Waals surface area contributed by atoms with Crippen LogP contribution in [0.1, 0.15) is 18.5 Å². The summed E-state index contributed by atoms with van der Waals surface area (Å²) in [4.78, 5) is 15.0. The summed E-state index contributed by atoms with van der Waals surface area (Å²) in [6.07, 6.45) is 0. The highest BCUT2D eigenvalue weighted by molar-refractivity contribution is 7.89. The van der Waals surface area contributed by atoms with E-state index in [2.05, 4.69) is 14.9 Å². The van der Waals surface area contributed by atoms with Crippen LogP contribution in [0.5, 0.6) is 5.75 Å². The van der Waals surface area contributed by atoms with Crippen molar-refractivity contribution < 1.29 is 22.7 Å². The van der Waals surface area contributed by atoms with Crippen molar-refractivity contribution in [3.8, 4) is 5.75 Å². The minimum atomic E-state index is -3.83. The Hall–Kier alpha value is -2.46. The minimum absolute atomic E-state index is 0.0144. The summed E-state index contributed by atoms with van der Waals surface area (Å²) in [7, 11) is -2.33. The van der Waals surface area contributed by atoms with Crippen LogP contribution in [0.25, 0.3) is 0 Å². The van der Waals surface area contributed by atoms with E-state index in [0.717, 1.165) is 18.7 Å². The fourth-order valence-corrected chi connectivity index (χ4v) is 4.68. The van der Waals surface area contributed by atoms with Gasteiger partial charge in [0.05, 0.1) is 37.3 Å². The molecule has 0 aromatic heterocycles. The quantitative estimate of drug-likeness (QED) is 0.606. The first kappa shape index (κ1) is 23.2. The summed E-state index contributed by atoms with van der Waals surface area (Å²) in [6.45, 7) is 4.75. The van der Waals surface area contributed by atoms with Crippen LogP contribution in [-0.4, -0.2) is 65.2 Å². The highest BCUT2D eigenvalue weighted by atomic mass is 32.2. The van der Waals surface area contributed by atoms with Gasteiger partial charge in [0.25, 0.3) is 0 Å². The molecule has 8 nitrogen and oxygen atoms in total. The number of benzene rings is 2. The number of hydrogen-bond donors (Lipinski definition) is 2. The van der Waals surface area contributed by atoms with Gasteiger partial charge in [0.2, 0.25) is 15.9 Å². The third kappa shape index (κ3) is 6.27. The maximum atomic E-state index is 12.7. The Bertz CT molecular complexity index is 945. The Balaban J connectivity index is 1.63. The molecule has 1 aliphatic heterocycles. The zero-order valence-corrected chi connectivity index (χ0v) is 18.6. The van der Waals surface area contributed by atoms with Gasteiger partial charge in [0.1, 0.15) is 5.75 Å². The van der Waals surface area contributed by atoms with Crippen molar-refractivity contribution in [2.45, 2.75) is 23.9 Å². The van der Waals surface area contributed by atoms with Crippen LogP contribution >= 0.6 is 0 Å². The molecular weight excluding hydrogens is 418 g/mol. The van der Waals surface area contributed by atoms with Gasteiger partial charge in [-0.1, -0.05) is 30.3 Å². The van der Waals surface area contributed by atoms with Crippen molar-refractivity contribution in [3.63, 3.8) is 0 Å². The summed E-state index contributed by atoms with van der Waals surface area (Å²) in [6, 6.07) is 15.0. The maximum Gasteiger partial charge on any atom is 0.241 e. The lowest BCUT2D eigenvalue weighted by Gasteiger charge is -2.35. The molecule has 2 aromatic carbocycles. The normalized spacial score (nSPS) is 17.0. The molecule has 0 spiro atoms. The number of hydrogen-bond acceptors (Lipinski definition) is 6. The number of carbonyl (C=O) groups is 1. The molecule has 2 aromatic rings. The molecule has 1 unspecified atom stereocenters. The van der Waals surface area contributed by atoms with E-state index in [9.17, 15) is 13.2 Å². The van der Waals surface area contributed by atoms with Crippen molar-refractivity contribution in [1.82, 2.24) is 14.9 Å². The molecule has 2 N–H and O–H groups in total. The van der Waals surface area contributed by atoms with Gasteiger partial charge in [-0.2, -0.15) is 4.72 Å². The van der Waals surface area contributed by atoms with Crippen LogP contribution < -0.4 is 14.8 Å². The molecule has 1 fully saturated rings. The third-order valence-corrected chi connectivity index (χ3v) is 6.79. The van der Waals surface area contributed by atoms with E-state index in [1.807, 2.05) is 30.3 Å². The fourth-order valence-electron chi connectivity index (χ4n) is 3.48. The van der Waals surface area contributed by atoms with Gasteiger partial charge in [-0.05, 0) is 36.8 Å². The Morgan fingerprint density at radius 3 is 2.35 bits per heavy atom. The lowest BCUT2D eigenvalue weighted by atomic mass is 10.0. The molecule has 0 saturated carbocycles. The number of sulfonamides is 1. The van der Waals surface area contributed by atoms with E-state index < -0.39 is 16.1 Å². The second kappa shape index (κ2) is 10.7. The molecule has 0 aliphatic carbocycles. The molecule has 1 heterocycles. The number of morpholine rings is 1. The molecule has 1 saturated heterocycles. The van der Waals surface area contributed by atoms with Crippen LogP contribution in [0.4, 0.5) is 0 Å². The second-order valence-corrected chi connectivity index (χ2v) is 9.05. The predicted octanol–water partition coefficient (Wildman–Crippen LogP) is 1.55. The minimum Gasteiger partial charge on any atom is -0.497 e. The average Bonchev–Trinajstić information content (AvgIpc) is 2.80. The molecule has 1 aliphatic rings. The molecule has 0 bridgehead atoms. The van der Waals surface area contributed by atoms with Crippen molar-refractivity contribution in [3.05, 3.63) is 60.2 Å². The van der Waals surface area contributed by atoms with Gasteiger partial charge in [-0.25, -0.2) is 8.42 Å². The number of amides is 1. The van der Waals surface area contributed by atoms with E-state index in [1.165, 1.54) is 26.2 Å². The van der Waals surface area contributed by atoms with Crippen molar-refractivity contribution in [2.24, 2.45) is 0 Å². The van der Waals surface area contributed by atoms with E-state index >= 15 is 0 Å². The summed E-state index contributed by atoms with van der Waals surface area (Å²) in [5, 5.41) is 2.90. The molecule has 31 heavy (non-hydrogen) atoms. The topological polar surface area (TPSA) is 97.0 Å². The first-order valence-electron chi connectivity index (χ1n) is 10.2. The lowest BCUT2D eigenvalue weighted by Crippen LogP contribution is -2.48. The number of rotatable bonds is 9. The van der Waals surface area contributed by atoms with Gasteiger partial charge in [0.15, 0.2) is 0 Å². The van der Waals surface area contributed by atoms with Crippen LogP contribution in [0.15, 0.2) is 59.5 Å². The molecule has 3 rings (SSSR count). The van der Waals surface area contributed by atoms with Gasteiger partial charge < -0.3 is 14.8 Å². The fraction of sp³-hybridized carbons (Fsp3) is 0.409. The van der Waals surface area contributed by atoms with Crippen molar-refractivity contribution >= 4 is 15.9 Å². The monoisotopic (exact) mass is 447 g/mol. The van der Waals surface area contributed by atoms with Crippen molar-refractivity contribution in [2.75, 3.05) is 40.0 Å². The zero-order chi connectivity index (χ0) is 22.3. The second-order valence-electron chi connectivity index (χ2n) is 7.34. The summed E-state index contributed by atoms with van der Waals surface area (Å²) in [5.41, 5.74) is 1.09. The van der Waals surface area contributed by atoms with E-state index in [1.54, 1.807) is 12.1 Å². The third-order valence-electron chi connectivity index (χ3n) is 5.24. The molecular formula is C22H29N3O5S. The van der Waals surface area contributed by atoms with E-state index in [-0.39, 0.29) is 16.8 Å². The Morgan fingerprint density at radius 1 is 1.10 bits per heavy atom. The van der Waals surface area contributed by atoms with Crippen LogP contribution in [0.3, 0.4) is 0 Å². The molecule has 2 atom stereocenters. The Morgan fingerprint density at radius 2 is 1.74 bits per heavy atom. The molecule has 168 valence electrons. The molecule has 9 heteroatoms. The van der Waals surface area contributed by atoms with Crippen molar-refractivity contribution in [1.29, 1.82) is 0 Å². The van der Waals surface area contributed by atoms with Crippen LogP contribution in [0.2, 0.25) is 0 Å². The smallest absolute Gasteiger partial charge is 0.241 e. The van der Waals surface area contributed by atoms with Gasteiger partial charge in [0, 0.05) is 19.6 Å². The van der Waals surface area contributed by atoms with E-state index in [4.69, 9.17) is 9.47 Å². The average molecular weight is 448 g/mol. The summed E-state index contributed by atoms with van der Waals surface area (Å²) >= 11 is 0. The maximum absolute atomic E-state index is 12.7. The van der Waals surface area contributed by atoms with Gasteiger partial charge >= 0.3 is 0 Å². The Kier molecular flexibility index (Phi) is 8.03. The molecule has 0 radical (unpaired) electrons. The highest BCUT2D eigenvalue weighted by Gasteiger charge is 2.26. The SMILES string of the molecule is COc1ccc(S(=O)(=O)N[C@@H](C)C(=O)NCC(c2ccccc2)N2CCOCC2)cc1. The van der Waals surface area contributed by atoms with Crippen LogP contribution in [-0.2, 0) is 19.6 Å². The highest BCUT2D eigenvalue weighted by Crippen LogP contribution is 2.21. The number of nitrogens with one attached hydrogen (secondary N) is 2. The first-order valence-corrected chi connectivity index (χ1v) is 11.7. The number of methoxy groups -OCH3 is 1. The largest absolute Gasteiger partial charge is 0.497 e. The van der Waals surface area contributed by atoms with Crippen LogP contribution in [0, 0.1) is 0 Å². The molecule has 1 amide bonds. The zero-order valence-electron chi connectivity index (χ0n) is 17.8. The number of ether oxygens (including phenoxy) is 2. The van der Waals surface area contributed by atoms with Gasteiger partial charge in [-0.15, -0.1) is 0 Å². The van der Waals surface area contributed by atoms with E-state index in [0.29, 0.717) is 25.5 Å².